The van der Waals surface area contributed by atoms with Crippen molar-refractivity contribution in [2.24, 2.45) is 12.8 Å². The number of nitrogens with two attached hydrogens (primary N) is 1. The molecule has 2 rings (SSSR count). The van der Waals surface area contributed by atoms with Crippen molar-refractivity contribution >= 4 is 15.9 Å². The highest BCUT2D eigenvalue weighted by atomic mass is 79.9. The molecule has 0 aliphatic rings. The second kappa shape index (κ2) is 6.58. The van der Waals surface area contributed by atoms with Gasteiger partial charge in [0.05, 0.1) is 15.9 Å². The fourth-order valence-corrected chi connectivity index (χ4v) is 2.86. The van der Waals surface area contributed by atoms with Gasteiger partial charge in [0.2, 0.25) is 0 Å². The molecule has 2 N–H and O–H groups in total. The highest BCUT2D eigenvalue weighted by Crippen LogP contribution is 2.28. The Hall–Kier alpha value is -1.40. The van der Waals surface area contributed by atoms with Crippen LogP contribution in [0.5, 0.6) is 5.75 Å². The van der Waals surface area contributed by atoms with Gasteiger partial charge in [0, 0.05) is 24.7 Å². The third kappa shape index (κ3) is 3.44. The quantitative estimate of drug-likeness (QED) is 0.892. The summed E-state index contributed by atoms with van der Waals surface area (Å²) in [4.78, 5) is 0. The lowest BCUT2D eigenvalue weighted by Gasteiger charge is -2.14. The molecule has 1 aromatic carbocycles. The van der Waals surface area contributed by atoms with Gasteiger partial charge in [-0.25, -0.2) is 4.39 Å². The van der Waals surface area contributed by atoms with E-state index in [4.69, 9.17) is 10.5 Å². The molecule has 0 radical (unpaired) electrons. The summed E-state index contributed by atoms with van der Waals surface area (Å²) in [7, 11) is 1.86. The third-order valence-electron chi connectivity index (χ3n) is 3.33. The number of hydrogen-bond acceptors (Lipinski definition) is 3. The summed E-state index contributed by atoms with van der Waals surface area (Å²) in [6.07, 6.45) is 0.833. The average Bonchev–Trinajstić information content (AvgIpc) is 2.71. The lowest BCUT2D eigenvalue weighted by Crippen LogP contribution is -2.10. The smallest absolute Gasteiger partial charge is 0.131 e. The predicted octanol–water partition coefficient (Wildman–Crippen LogP) is 3.48. The number of benzene rings is 1. The topological polar surface area (TPSA) is 53.1 Å². The molecule has 114 valence electrons. The van der Waals surface area contributed by atoms with Gasteiger partial charge in [-0.2, -0.15) is 5.10 Å². The Balaban J connectivity index is 2.24. The molecule has 0 amide bonds. The number of aryl methyl sites for hydroxylation is 2. The molecule has 6 heteroatoms. The number of halogens is 2. The van der Waals surface area contributed by atoms with E-state index in [0.29, 0.717) is 12.4 Å². The summed E-state index contributed by atoms with van der Waals surface area (Å²) in [5.41, 5.74) is 8.56. The van der Waals surface area contributed by atoms with Crippen LogP contribution in [0.3, 0.4) is 0 Å². The molecule has 0 saturated heterocycles. The Morgan fingerprint density at radius 2 is 2.19 bits per heavy atom. The number of nitrogens with zero attached hydrogens (tertiary/aromatic N) is 2. The molecule has 2 aromatic rings. The average molecular weight is 356 g/mol. The monoisotopic (exact) mass is 355 g/mol. The van der Waals surface area contributed by atoms with Crippen LogP contribution in [0.4, 0.5) is 4.39 Å². The summed E-state index contributed by atoms with van der Waals surface area (Å²) < 4.78 is 21.9. The first-order valence-corrected chi connectivity index (χ1v) is 7.61. The molecule has 0 fully saturated rings. The first kappa shape index (κ1) is 16.0. The summed E-state index contributed by atoms with van der Waals surface area (Å²) in [6, 6.07) is 4.19. The van der Waals surface area contributed by atoms with Crippen LogP contribution < -0.4 is 10.5 Å². The Morgan fingerprint density at radius 3 is 2.76 bits per heavy atom. The summed E-state index contributed by atoms with van der Waals surface area (Å²) >= 11 is 3.54. The van der Waals surface area contributed by atoms with E-state index >= 15 is 0 Å². The number of ether oxygens (including phenoxy) is 1. The fraction of sp³-hybridized carbons (Fsp3) is 0.400. The van der Waals surface area contributed by atoms with Gasteiger partial charge in [-0.3, -0.25) is 4.68 Å². The number of rotatable bonds is 5. The predicted molar refractivity (Wildman–Crippen MR) is 83.6 cm³/mol. The summed E-state index contributed by atoms with van der Waals surface area (Å²) in [5, 5.41) is 4.41. The van der Waals surface area contributed by atoms with E-state index in [1.165, 1.54) is 12.1 Å². The van der Waals surface area contributed by atoms with Crippen LogP contribution in [-0.4, -0.2) is 9.78 Å². The Labute approximate surface area is 132 Å². The lowest BCUT2D eigenvalue weighted by molar-refractivity contribution is 0.288. The first-order chi connectivity index (χ1) is 9.93. The van der Waals surface area contributed by atoms with Crippen molar-refractivity contribution in [2.75, 3.05) is 0 Å². The molecule has 0 aliphatic carbocycles. The summed E-state index contributed by atoms with van der Waals surface area (Å²) in [5.74, 6) is 0.129. The number of aromatic nitrogens is 2. The van der Waals surface area contributed by atoms with Crippen LogP contribution in [0.2, 0.25) is 0 Å². The maximum absolute atomic E-state index is 13.4. The molecule has 4 nitrogen and oxygen atoms in total. The molecular weight excluding hydrogens is 337 g/mol. The molecule has 0 bridgehead atoms. The zero-order valence-corrected chi connectivity index (χ0v) is 13.9. The number of hydrogen-bond donors (Lipinski definition) is 1. The first-order valence-electron chi connectivity index (χ1n) is 6.82. The van der Waals surface area contributed by atoms with E-state index in [1.54, 1.807) is 10.7 Å². The Bertz CT molecular complexity index is 640. The minimum absolute atomic E-state index is 0.221. The second-order valence-electron chi connectivity index (χ2n) is 4.94. The van der Waals surface area contributed by atoms with Crippen molar-refractivity contribution in [3.8, 4) is 5.75 Å². The third-order valence-corrected chi connectivity index (χ3v) is 4.25. The minimum Gasteiger partial charge on any atom is -0.487 e. The van der Waals surface area contributed by atoms with E-state index in [1.807, 2.05) is 20.9 Å². The standard InChI is InChI=1S/C15H19BrFN3O/c1-4-12-15(16)13(20(3)19-12)8-21-14-7-10(17)5-6-11(14)9(2)18/h5-7,9H,4,8,18H2,1-3H3/t9-/m0/s1. The van der Waals surface area contributed by atoms with Gasteiger partial charge in [0.15, 0.2) is 0 Å². The van der Waals surface area contributed by atoms with Gasteiger partial charge in [-0.15, -0.1) is 0 Å². The molecule has 1 atom stereocenters. The van der Waals surface area contributed by atoms with E-state index in [9.17, 15) is 4.39 Å². The molecule has 1 heterocycles. The van der Waals surface area contributed by atoms with Gasteiger partial charge >= 0.3 is 0 Å². The minimum atomic E-state index is -0.340. The van der Waals surface area contributed by atoms with Crippen LogP contribution in [0.15, 0.2) is 22.7 Å². The van der Waals surface area contributed by atoms with Gasteiger partial charge in [-0.05, 0) is 35.3 Å². The molecule has 0 spiro atoms. The van der Waals surface area contributed by atoms with Crippen LogP contribution in [-0.2, 0) is 20.1 Å². The second-order valence-corrected chi connectivity index (χ2v) is 5.74. The van der Waals surface area contributed by atoms with Crippen LogP contribution in [0.25, 0.3) is 0 Å². The van der Waals surface area contributed by atoms with Gasteiger partial charge in [0.1, 0.15) is 18.2 Å². The molecular formula is C15H19BrFN3O. The van der Waals surface area contributed by atoms with Crippen LogP contribution in [0.1, 0.15) is 36.8 Å². The molecule has 21 heavy (non-hydrogen) atoms. The van der Waals surface area contributed by atoms with Crippen LogP contribution >= 0.6 is 15.9 Å². The van der Waals surface area contributed by atoms with Crippen molar-refractivity contribution in [2.45, 2.75) is 32.9 Å². The van der Waals surface area contributed by atoms with Crippen LogP contribution in [0, 0.1) is 5.82 Å². The van der Waals surface area contributed by atoms with Gasteiger partial charge in [-0.1, -0.05) is 13.0 Å². The van der Waals surface area contributed by atoms with E-state index < -0.39 is 0 Å². The van der Waals surface area contributed by atoms with Gasteiger partial charge in [0.25, 0.3) is 0 Å². The SMILES string of the molecule is CCc1nn(C)c(COc2cc(F)ccc2[C@H](C)N)c1Br. The van der Waals surface area contributed by atoms with Crippen molar-refractivity contribution in [3.63, 3.8) is 0 Å². The molecule has 0 aliphatic heterocycles. The normalized spacial score (nSPS) is 12.5. The maximum Gasteiger partial charge on any atom is 0.131 e. The van der Waals surface area contributed by atoms with Crippen molar-refractivity contribution < 1.29 is 9.13 Å². The fourth-order valence-electron chi connectivity index (χ4n) is 2.13. The molecule has 0 unspecified atom stereocenters. The lowest BCUT2D eigenvalue weighted by atomic mass is 10.1. The zero-order chi connectivity index (χ0) is 15.6. The summed E-state index contributed by atoms with van der Waals surface area (Å²) in [6.45, 7) is 4.18. The molecule has 1 aromatic heterocycles. The molecule has 0 saturated carbocycles. The van der Waals surface area contributed by atoms with Crippen molar-refractivity contribution in [1.82, 2.24) is 9.78 Å². The maximum atomic E-state index is 13.4. The van der Waals surface area contributed by atoms with Crippen molar-refractivity contribution in [3.05, 3.63) is 45.4 Å². The van der Waals surface area contributed by atoms with E-state index in [-0.39, 0.29) is 11.9 Å². The van der Waals surface area contributed by atoms with E-state index in [2.05, 4.69) is 21.0 Å². The van der Waals surface area contributed by atoms with Crippen molar-refractivity contribution in [1.29, 1.82) is 0 Å². The highest BCUT2D eigenvalue weighted by Gasteiger charge is 2.15. The Kier molecular flexibility index (Phi) is 5.00. The van der Waals surface area contributed by atoms with Gasteiger partial charge < -0.3 is 10.5 Å². The van der Waals surface area contributed by atoms with E-state index in [0.717, 1.165) is 27.8 Å². The zero-order valence-electron chi connectivity index (χ0n) is 12.4. The Morgan fingerprint density at radius 1 is 1.48 bits per heavy atom. The largest absolute Gasteiger partial charge is 0.487 e. The highest BCUT2D eigenvalue weighted by molar-refractivity contribution is 9.10.